The van der Waals surface area contributed by atoms with E-state index in [0.717, 1.165) is 83.5 Å². The number of phosphoric acid groups is 1. The van der Waals surface area contributed by atoms with Crippen LogP contribution in [0, 0.1) is 0 Å². The number of amides is 1. The van der Waals surface area contributed by atoms with Gasteiger partial charge in [-0.25, -0.2) is 9.36 Å². The van der Waals surface area contributed by atoms with E-state index in [-0.39, 0.29) is 12.8 Å². The topological polar surface area (TPSA) is 169 Å². The number of aliphatic hydroxyl groups is 1. The van der Waals surface area contributed by atoms with E-state index in [4.69, 9.17) is 13.8 Å². The minimum atomic E-state index is -4.78. The number of allylic oxidation sites excluding steroid dienone is 14. The predicted molar refractivity (Wildman–Crippen MR) is 263 cm³/mol. The van der Waals surface area contributed by atoms with Crippen LogP contribution in [0.15, 0.2) is 85.1 Å². The molecule has 0 aromatic carbocycles. The van der Waals surface area contributed by atoms with Crippen LogP contribution in [0.1, 0.15) is 194 Å². The highest BCUT2D eigenvalue weighted by molar-refractivity contribution is 7.47. The Hall–Kier alpha value is -3.34. The number of aliphatic hydroxyl groups excluding tert-OH is 1. The molecular formula is C52H88NO10P. The molecule has 0 rings (SSSR count). The summed E-state index contributed by atoms with van der Waals surface area (Å²) in [5.74, 6) is -2.43. The average Bonchev–Trinajstić information content (AvgIpc) is 3.27. The summed E-state index contributed by atoms with van der Waals surface area (Å²) in [4.78, 5) is 46.1. The number of carboxylic acids is 1. The first-order valence-electron chi connectivity index (χ1n) is 24.6. The fourth-order valence-electron chi connectivity index (χ4n) is 6.30. The highest BCUT2D eigenvalue weighted by Crippen LogP contribution is 2.43. The van der Waals surface area contributed by atoms with Crippen molar-refractivity contribution >= 4 is 25.7 Å². The summed E-state index contributed by atoms with van der Waals surface area (Å²) in [5.41, 5.74) is 0. The van der Waals surface area contributed by atoms with E-state index in [9.17, 15) is 34.1 Å². The lowest BCUT2D eigenvalue weighted by Gasteiger charge is -2.18. The largest absolute Gasteiger partial charge is 0.480 e. The highest BCUT2D eigenvalue weighted by atomic mass is 31.2. The van der Waals surface area contributed by atoms with Crippen molar-refractivity contribution in [3.8, 4) is 0 Å². The monoisotopic (exact) mass is 918 g/mol. The van der Waals surface area contributed by atoms with E-state index in [0.29, 0.717) is 12.8 Å². The second-order valence-corrected chi connectivity index (χ2v) is 17.7. The first-order chi connectivity index (χ1) is 31.1. The molecule has 0 radical (unpaired) electrons. The van der Waals surface area contributed by atoms with Crippen LogP contribution in [0.25, 0.3) is 0 Å². The molecule has 0 heterocycles. The van der Waals surface area contributed by atoms with Gasteiger partial charge in [0.15, 0.2) is 6.04 Å². The molecule has 0 saturated heterocycles. The molecule has 366 valence electrons. The zero-order valence-electron chi connectivity index (χ0n) is 39.8. The lowest BCUT2D eigenvalue weighted by Crippen LogP contribution is -2.43. The summed E-state index contributed by atoms with van der Waals surface area (Å²) in [6.45, 7) is 2.51. The maximum absolute atomic E-state index is 12.3. The van der Waals surface area contributed by atoms with Crippen molar-refractivity contribution in [2.75, 3.05) is 19.8 Å². The number of aliphatic carboxylic acids is 1. The lowest BCUT2D eigenvalue weighted by molar-refractivity contribution is -0.147. The minimum Gasteiger partial charge on any atom is -0.480 e. The lowest BCUT2D eigenvalue weighted by atomic mass is 10.1. The van der Waals surface area contributed by atoms with Gasteiger partial charge in [-0.1, -0.05) is 170 Å². The van der Waals surface area contributed by atoms with Crippen molar-refractivity contribution in [2.45, 2.75) is 206 Å². The van der Waals surface area contributed by atoms with E-state index in [1.807, 2.05) is 0 Å². The van der Waals surface area contributed by atoms with Gasteiger partial charge in [-0.05, 0) is 96.3 Å². The fourth-order valence-corrected chi connectivity index (χ4v) is 7.08. The van der Waals surface area contributed by atoms with E-state index < -0.39 is 57.6 Å². The number of hydrogen-bond donors (Lipinski definition) is 4. The Bertz CT molecular complexity index is 1400. The summed E-state index contributed by atoms with van der Waals surface area (Å²) < 4.78 is 26.9. The number of carbonyl (C=O) groups is 3. The average molecular weight is 918 g/mol. The van der Waals surface area contributed by atoms with E-state index in [1.54, 1.807) is 0 Å². The number of rotatable bonds is 45. The van der Waals surface area contributed by atoms with Crippen LogP contribution in [0.5, 0.6) is 0 Å². The van der Waals surface area contributed by atoms with Crippen molar-refractivity contribution in [3.63, 3.8) is 0 Å². The summed E-state index contributed by atoms with van der Waals surface area (Å²) in [6, 6.07) is -1.57. The van der Waals surface area contributed by atoms with Gasteiger partial charge in [-0.15, -0.1) is 0 Å². The van der Waals surface area contributed by atoms with Crippen molar-refractivity contribution in [1.29, 1.82) is 0 Å². The Kier molecular flexibility index (Phi) is 43.8. The van der Waals surface area contributed by atoms with Crippen LogP contribution in [-0.2, 0) is 32.7 Å². The first-order valence-corrected chi connectivity index (χ1v) is 26.1. The number of unbranched alkanes of at least 4 members (excludes halogenated alkanes) is 17. The third-order valence-corrected chi connectivity index (χ3v) is 11.1. The van der Waals surface area contributed by atoms with Crippen molar-refractivity contribution in [2.24, 2.45) is 0 Å². The molecule has 0 bridgehead atoms. The number of carbonyl (C=O) groups excluding carboxylic acids is 2. The quantitative estimate of drug-likeness (QED) is 0.0200. The van der Waals surface area contributed by atoms with Crippen molar-refractivity contribution in [1.82, 2.24) is 5.32 Å². The molecule has 0 fully saturated rings. The Morgan fingerprint density at radius 2 is 0.859 bits per heavy atom. The van der Waals surface area contributed by atoms with E-state index in [1.165, 1.54) is 70.6 Å². The number of ether oxygens (including phenoxy) is 1. The fraction of sp³-hybridized carbons (Fsp3) is 0.673. The number of hydrogen-bond acceptors (Lipinski definition) is 8. The molecule has 3 atom stereocenters. The van der Waals surface area contributed by atoms with E-state index >= 15 is 0 Å². The number of carboxylic acid groups (broad SMARTS) is 1. The Morgan fingerprint density at radius 3 is 1.30 bits per heavy atom. The molecule has 0 aliphatic carbocycles. The SMILES string of the molecule is CCCCC/C=C\C/C=C\C/C=C\C/C=C\CCCCCC(=O)NC(COP(=O)(O)OCC(O)COC(=O)CCCCCCCCCC/C=C\C/C=C\C/C=C\CCCCC)C(=O)O. The third kappa shape index (κ3) is 45.2. The maximum Gasteiger partial charge on any atom is 0.472 e. The summed E-state index contributed by atoms with van der Waals surface area (Å²) in [7, 11) is -4.78. The van der Waals surface area contributed by atoms with Gasteiger partial charge in [0.05, 0.1) is 13.2 Å². The summed E-state index contributed by atoms with van der Waals surface area (Å²) >= 11 is 0. The molecule has 0 aromatic heterocycles. The molecule has 64 heavy (non-hydrogen) atoms. The van der Waals surface area contributed by atoms with Crippen LogP contribution in [-0.4, -0.2) is 64.9 Å². The smallest absolute Gasteiger partial charge is 0.472 e. The van der Waals surface area contributed by atoms with Crippen LogP contribution in [0.3, 0.4) is 0 Å². The van der Waals surface area contributed by atoms with Gasteiger partial charge in [0.1, 0.15) is 12.7 Å². The van der Waals surface area contributed by atoms with Gasteiger partial charge in [0, 0.05) is 12.8 Å². The number of esters is 1. The van der Waals surface area contributed by atoms with Crippen LogP contribution in [0.2, 0.25) is 0 Å². The predicted octanol–water partition coefficient (Wildman–Crippen LogP) is 13.4. The Labute approximate surface area is 388 Å². The molecule has 3 unspecified atom stereocenters. The zero-order valence-corrected chi connectivity index (χ0v) is 40.7. The molecule has 0 spiro atoms. The Balaban J connectivity index is 3.93. The van der Waals surface area contributed by atoms with Crippen LogP contribution < -0.4 is 5.32 Å². The molecule has 4 N–H and O–H groups in total. The van der Waals surface area contributed by atoms with Gasteiger partial charge < -0.3 is 25.2 Å². The van der Waals surface area contributed by atoms with E-state index in [2.05, 4.69) is 104 Å². The molecule has 11 nitrogen and oxygen atoms in total. The third-order valence-electron chi connectivity index (χ3n) is 10.2. The summed E-state index contributed by atoms with van der Waals surface area (Å²) in [6.07, 6.45) is 57.4. The van der Waals surface area contributed by atoms with Gasteiger partial charge >= 0.3 is 19.8 Å². The van der Waals surface area contributed by atoms with Gasteiger partial charge in [0.25, 0.3) is 0 Å². The molecule has 12 heteroatoms. The molecule has 0 aliphatic heterocycles. The molecular weight excluding hydrogens is 830 g/mol. The molecule has 1 amide bonds. The van der Waals surface area contributed by atoms with Gasteiger partial charge in [0.2, 0.25) is 5.91 Å². The summed E-state index contributed by atoms with van der Waals surface area (Å²) in [5, 5.41) is 21.9. The van der Waals surface area contributed by atoms with Crippen molar-refractivity contribution in [3.05, 3.63) is 85.1 Å². The van der Waals surface area contributed by atoms with Gasteiger partial charge in [-0.3, -0.25) is 18.6 Å². The van der Waals surface area contributed by atoms with Crippen LogP contribution >= 0.6 is 7.82 Å². The molecule has 0 aromatic rings. The highest BCUT2D eigenvalue weighted by Gasteiger charge is 2.28. The number of phosphoric ester groups is 1. The molecule has 0 aliphatic rings. The molecule has 0 saturated carbocycles. The zero-order chi connectivity index (χ0) is 47.0. The standard InChI is InChI=1S/C52H88NO10P/c1-3-5-7-9-11-13-15-17-19-21-23-24-26-28-30-32-34-36-38-40-42-44-51(56)61-45-48(54)46-62-64(59,60)63-47-49(52(57)58)53-50(55)43-41-39-37-35-33-31-29-27-25-22-20-18-16-14-12-10-8-6-4-2/h11-14,17-20,23-25,27,31,33,48-49,54H,3-10,15-16,21-22,26,28-30,32,34-47H2,1-2H3,(H,53,55)(H,57,58)(H,59,60)/b13-11-,14-12-,19-17-,20-18-,24-23-,27-25-,33-31-. The van der Waals surface area contributed by atoms with Crippen molar-refractivity contribution < 1.29 is 47.8 Å². The number of nitrogens with one attached hydrogen (secondary N) is 1. The Morgan fingerprint density at radius 1 is 0.500 bits per heavy atom. The maximum atomic E-state index is 12.3. The second kappa shape index (κ2) is 46.2. The minimum absolute atomic E-state index is 0.103. The normalized spacial score (nSPS) is 14.3. The van der Waals surface area contributed by atoms with Crippen LogP contribution in [0.4, 0.5) is 0 Å². The van der Waals surface area contributed by atoms with Gasteiger partial charge in [-0.2, -0.15) is 0 Å². The second-order valence-electron chi connectivity index (χ2n) is 16.3. The first kappa shape index (κ1) is 60.7.